The fourth-order valence-electron chi connectivity index (χ4n) is 2.10. The molecule has 0 atom stereocenters. The first-order valence-corrected chi connectivity index (χ1v) is 7.54. The second-order valence-electron chi connectivity index (χ2n) is 4.98. The van der Waals surface area contributed by atoms with Gasteiger partial charge in [-0.2, -0.15) is 5.10 Å². The Bertz CT molecular complexity index is 442. The lowest BCUT2D eigenvalue weighted by atomic mass is 10.2. The van der Waals surface area contributed by atoms with E-state index in [9.17, 15) is 4.79 Å². The van der Waals surface area contributed by atoms with E-state index in [1.54, 1.807) is 0 Å². The molecule has 5 nitrogen and oxygen atoms in total. The maximum absolute atomic E-state index is 11.8. The fourth-order valence-corrected chi connectivity index (χ4v) is 2.10. The summed E-state index contributed by atoms with van der Waals surface area (Å²) in [5.41, 5.74) is 0.714. The van der Waals surface area contributed by atoms with Crippen molar-refractivity contribution in [2.24, 2.45) is 5.10 Å². The van der Waals surface area contributed by atoms with Crippen LogP contribution in [0, 0.1) is 0 Å². The lowest BCUT2D eigenvalue weighted by Crippen LogP contribution is -2.32. The zero-order valence-corrected chi connectivity index (χ0v) is 12.3. The van der Waals surface area contributed by atoms with Gasteiger partial charge in [0, 0.05) is 18.3 Å². The number of hydrazone groups is 1. The number of unbranched alkanes of at least 4 members (excludes halogenated alkanes) is 2. The van der Waals surface area contributed by atoms with E-state index in [0.717, 1.165) is 45.6 Å². The Balaban J connectivity index is 1.52. The molecule has 1 fully saturated rings. The number of ether oxygens (including phenoxy) is 1. The molecule has 1 aliphatic rings. The van der Waals surface area contributed by atoms with Crippen molar-refractivity contribution in [1.82, 2.24) is 10.3 Å². The largest absolute Gasteiger partial charge is 0.378 e. The highest BCUT2D eigenvalue weighted by molar-refractivity contribution is 5.94. The van der Waals surface area contributed by atoms with Crippen molar-refractivity contribution < 1.29 is 9.53 Å². The van der Waals surface area contributed by atoms with Crippen LogP contribution >= 0.6 is 0 Å². The monoisotopic (exact) mass is 289 g/mol. The molecule has 0 radical (unpaired) electrons. The molecule has 21 heavy (non-hydrogen) atoms. The van der Waals surface area contributed by atoms with Gasteiger partial charge in [-0.3, -0.25) is 9.80 Å². The van der Waals surface area contributed by atoms with Gasteiger partial charge < -0.3 is 10.1 Å². The lowest BCUT2D eigenvalue weighted by Gasteiger charge is -2.23. The summed E-state index contributed by atoms with van der Waals surface area (Å²) in [5.74, 6) is -0.00224. The molecular weight excluding hydrogens is 266 g/mol. The van der Waals surface area contributed by atoms with Crippen molar-refractivity contribution in [3.8, 4) is 0 Å². The minimum Gasteiger partial charge on any atom is -0.378 e. The highest BCUT2D eigenvalue weighted by Crippen LogP contribution is 2.00. The van der Waals surface area contributed by atoms with E-state index in [0.29, 0.717) is 12.1 Å². The number of carbonyl (C=O) groups is 1. The molecule has 1 aliphatic heterocycles. The molecule has 1 N–H and O–H groups in total. The van der Waals surface area contributed by atoms with Gasteiger partial charge in [0.25, 0.3) is 5.91 Å². The van der Waals surface area contributed by atoms with E-state index in [1.165, 1.54) is 0 Å². The maximum atomic E-state index is 11.8. The molecule has 114 valence electrons. The number of rotatable bonds is 7. The highest BCUT2D eigenvalue weighted by atomic mass is 16.5. The van der Waals surface area contributed by atoms with Gasteiger partial charge in [-0.05, 0) is 31.4 Å². The highest BCUT2D eigenvalue weighted by Gasteiger charge is 2.06. The molecule has 1 amide bonds. The third-order valence-corrected chi connectivity index (χ3v) is 3.31. The smallest absolute Gasteiger partial charge is 0.251 e. The van der Waals surface area contributed by atoms with Gasteiger partial charge in [0.1, 0.15) is 0 Å². The van der Waals surface area contributed by atoms with Crippen LogP contribution in [0.5, 0.6) is 0 Å². The standard InChI is InChI=1S/C16H23N3O2/c20-16(15-7-3-1-4-8-15)17-9-5-2-6-10-18-19-11-13-21-14-12-19/h1,3-4,7-8,10H,2,5-6,9,11-14H2,(H,17,20)/b18-10+. The van der Waals surface area contributed by atoms with Crippen molar-refractivity contribution in [3.63, 3.8) is 0 Å². The predicted octanol–water partition coefficient (Wildman–Crippen LogP) is 1.90. The fraction of sp³-hybridized carbons (Fsp3) is 0.500. The van der Waals surface area contributed by atoms with Gasteiger partial charge in [-0.25, -0.2) is 0 Å². The zero-order valence-electron chi connectivity index (χ0n) is 12.3. The van der Waals surface area contributed by atoms with E-state index >= 15 is 0 Å². The second-order valence-corrected chi connectivity index (χ2v) is 4.98. The molecule has 0 spiro atoms. The van der Waals surface area contributed by atoms with Crippen LogP contribution in [0.4, 0.5) is 0 Å². The predicted molar refractivity (Wildman–Crippen MR) is 83.5 cm³/mol. The Kier molecular flexibility index (Phi) is 6.74. The molecule has 5 heteroatoms. The molecule has 1 aromatic carbocycles. The summed E-state index contributed by atoms with van der Waals surface area (Å²) in [6.07, 6.45) is 4.90. The third-order valence-electron chi connectivity index (χ3n) is 3.31. The van der Waals surface area contributed by atoms with Gasteiger partial charge in [0.2, 0.25) is 0 Å². The van der Waals surface area contributed by atoms with E-state index in [4.69, 9.17) is 4.74 Å². The van der Waals surface area contributed by atoms with Crippen LogP contribution in [0.25, 0.3) is 0 Å². The first kappa shape index (κ1) is 15.5. The molecular formula is C16H23N3O2. The SMILES string of the molecule is O=C(NCCCC/C=N/N1CCOCC1)c1ccccc1. The quantitative estimate of drug-likeness (QED) is 0.616. The van der Waals surface area contributed by atoms with Gasteiger partial charge >= 0.3 is 0 Å². The van der Waals surface area contributed by atoms with Crippen molar-refractivity contribution in [3.05, 3.63) is 35.9 Å². The number of benzene rings is 1. The summed E-state index contributed by atoms with van der Waals surface area (Å²) in [5, 5.41) is 9.38. The minimum absolute atomic E-state index is 0.00224. The molecule has 2 rings (SSSR count). The number of nitrogens with one attached hydrogen (secondary N) is 1. The van der Waals surface area contributed by atoms with Gasteiger partial charge in [-0.15, -0.1) is 0 Å². The Labute approximate surface area is 126 Å². The van der Waals surface area contributed by atoms with Gasteiger partial charge in [0.15, 0.2) is 0 Å². The van der Waals surface area contributed by atoms with Crippen molar-refractivity contribution in [1.29, 1.82) is 0 Å². The van der Waals surface area contributed by atoms with Crippen LogP contribution in [0.1, 0.15) is 29.6 Å². The summed E-state index contributed by atoms with van der Waals surface area (Å²) in [4.78, 5) is 11.8. The Morgan fingerprint density at radius 3 is 2.76 bits per heavy atom. The second kappa shape index (κ2) is 9.13. The van der Waals surface area contributed by atoms with Crippen LogP contribution in [0.15, 0.2) is 35.4 Å². The summed E-state index contributed by atoms with van der Waals surface area (Å²) in [6.45, 7) is 4.00. The van der Waals surface area contributed by atoms with Gasteiger partial charge in [-0.1, -0.05) is 18.2 Å². The molecule has 1 saturated heterocycles. The molecule has 0 unspecified atom stereocenters. The topological polar surface area (TPSA) is 53.9 Å². The summed E-state index contributed by atoms with van der Waals surface area (Å²) < 4.78 is 5.26. The molecule has 0 aliphatic carbocycles. The first-order chi connectivity index (χ1) is 10.4. The van der Waals surface area contributed by atoms with E-state index in [-0.39, 0.29) is 5.91 Å². The van der Waals surface area contributed by atoms with Crippen LogP contribution in [0.2, 0.25) is 0 Å². The normalized spacial score (nSPS) is 15.3. The summed E-state index contributed by atoms with van der Waals surface area (Å²) in [6, 6.07) is 9.30. The molecule has 1 heterocycles. The Morgan fingerprint density at radius 2 is 2.00 bits per heavy atom. The minimum atomic E-state index is -0.00224. The van der Waals surface area contributed by atoms with Crippen molar-refractivity contribution >= 4 is 12.1 Å². The molecule has 0 saturated carbocycles. The molecule has 1 aromatic rings. The number of hydrogen-bond acceptors (Lipinski definition) is 4. The number of morpholine rings is 1. The van der Waals surface area contributed by atoms with E-state index < -0.39 is 0 Å². The first-order valence-electron chi connectivity index (χ1n) is 7.54. The molecule has 0 aromatic heterocycles. The Morgan fingerprint density at radius 1 is 1.24 bits per heavy atom. The van der Waals surface area contributed by atoms with Crippen LogP contribution < -0.4 is 5.32 Å². The van der Waals surface area contributed by atoms with Crippen LogP contribution in [-0.4, -0.2) is 50.0 Å². The number of hydrogen-bond donors (Lipinski definition) is 1. The number of nitrogens with zero attached hydrogens (tertiary/aromatic N) is 2. The average molecular weight is 289 g/mol. The van der Waals surface area contributed by atoms with Crippen molar-refractivity contribution in [2.45, 2.75) is 19.3 Å². The average Bonchev–Trinajstić information content (AvgIpc) is 2.55. The van der Waals surface area contributed by atoms with E-state index in [2.05, 4.69) is 10.4 Å². The summed E-state index contributed by atoms with van der Waals surface area (Å²) >= 11 is 0. The number of carbonyl (C=O) groups excluding carboxylic acids is 1. The maximum Gasteiger partial charge on any atom is 0.251 e. The number of amides is 1. The summed E-state index contributed by atoms with van der Waals surface area (Å²) in [7, 11) is 0. The van der Waals surface area contributed by atoms with Crippen LogP contribution in [-0.2, 0) is 4.74 Å². The van der Waals surface area contributed by atoms with E-state index in [1.807, 2.05) is 41.6 Å². The van der Waals surface area contributed by atoms with Crippen LogP contribution in [0.3, 0.4) is 0 Å². The third kappa shape index (κ3) is 5.95. The molecule has 0 bridgehead atoms. The van der Waals surface area contributed by atoms with Crippen molar-refractivity contribution in [2.75, 3.05) is 32.8 Å². The van der Waals surface area contributed by atoms with Gasteiger partial charge in [0.05, 0.1) is 26.3 Å². The zero-order chi connectivity index (χ0) is 14.8. The lowest BCUT2D eigenvalue weighted by molar-refractivity contribution is 0.0395. The Hall–Kier alpha value is -1.88.